The molecule has 0 aliphatic rings. The van der Waals surface area contributed by atoms with Gasteiger partial charge in [-0.15, -0.1) is 11.3 Å². The summed E-state index contributed by atoms with van der Waals surface area (Å²) in [6.07, 6.45) is 1.07. The van der Waals surface area contributed by atoms with E-state index in [-0.39, 0.29) is 0 Å². The summed E-state index contributed by atoms with van der Waals surface area (Å²) < 4.78 is 0. The van der Waals surface area contributed by atoms with Crippen LogP contribution in [0.15, 0.2) is 24.3 Å². The molecule has 1 heterocycles. The monoisotopic (exact) mass is 260 g/mol. The van der Waals surface area contributed by atoms with Crippen molar-refractivity contribution in [3.63, 3.8) is 0 Å². The van der Waals surface area contributed by atoms with Crippen LogP contribution in [0.5, 0.6) is 0 Å². The minimum absolute atomic E-state index is 0.296. The highest BCUT2D eigenvalue weighted by Gasteiger charge is 2.17. The van der Waals surface area contributed by atoms with Gasteiger partial charge in [0.15, 0.2) is 0 Å². The van der Waals surface area contributed by atoms with Crippen LogP contribution in [0.4, 0.5) is 5.69 Å². The molecule has 18 heavy (non-hydrogen) atoms. The molecule has 0 spiro atoms. The molecule has 0 unspecified atom stereocenters. The van der Waals surface area contributed by atoms with Gasteiger partial charge in [-0.05, 0) is 30.9 Å². The fourth-order valence-corrected chi connectivity index (χ4v) is 3.23. The molecule has 2 rings (SSSR count). The van der Waals surface area contributed by atoms with Crippen molar-refractivity contribution in [2.75, 3.05) is 5.73 Å². The normalized spacial score (nSPS) is 11.8. The van der Waals surface area contributed by atoms with Crippen molar-refractivity contribution in [2.45, 2.75) is 34.1 Å². The third-order valence-corrected chi connectivity index (χ3v) is 3.92. The van der Waals surface area contributed by atoms with Crippen LogP contribution in [-0.2, 0) is 6.42 Å². The van der Waals surface area contributed by atoms with E-state index in [0.29, 0.717) is 5.41 Å². The highest BCUT2D eigenvalue weighted by atomic mass is 32.1. The molecule has 0 aliphatic carbocycles. The van der Waals surface area contributed by atoms with Crippen LogP contribution in [0, 0.1) is 12.3 Å². The quantitative estimate of drug-likeness (QED) is 0.818. The molecule has 96 valence electrons. The summed E-state index contributed by atoms with van der Waals surface area (Å²) in [5.41, 5.74) is 9.16. The van der Waals surface area contributed by atoms with Crippen LogP contribution in [0.25, 0.3) is 10.6 Å². The van der Waals surface area contributed by atoms with Crippen molar-refractivity contribution < 1.29 is 0 Å². The Hall–Kier alpha value is -1.35. The van der Waals surface area contributed by atoms with Gasteiger partial charge in [0.2, 0.25) is 0 Å². The number of aryl methyl sites for hydroxylation is 1. The lowest BCUT2D eigenvalue weighted by molar-refractivity contribution is 0.413. The van der Waals surface area contributed by atoms with Gasteiger partial charge in [0.05, 0.1) is 5.69 Å². The molecule has 0 aliphatic heterocycles. The Morgan fingerprint density at radius 3 is 2.61 bits per heavy atom. The molecule has 0 fully saturated rings. The molecule has 1 aromatic heterocycles. The Morgan fingerprint density at radius 1 is 1.28 bits per heavy atom. The third-order valence-electron chi connectivity index (χ3n) is 2.72. The van der Waals surface area contributed by atoms with Gasteiger partial charge in [-0.3, -0.25) is 0 Å². The minimum Gasteiger partial charge on any atom is -0.399 e. The van der Waals surface area contributed by atoms with Crippen molar-refractivity contribution in [3.05, 3.63) is 34.8 Å². The zero-order chi connectivity index (χ0) is 13.3. The van der Waals surface area contributed by atoms with Crippen LogP contribution in [0.2, 0.25) is 0 Å². The summed E-state index contributed by atoms with van der Waals surface area (Å²) in [5.74, 6) is 0. The maximum Gasteiger partial charge on any atom is 0.123 e. The fourth-order valence-electron chi connectivity index (χ4n) is 1.87. The number of anilines is 1. The fraction of sp³-hybridized carbons (Fsp3) is 0.400. The summed E-state index contributed by atoms with van der Waals surface area (Å²) in [5, 5.41) is 1.07. The number of rotatable bonds is 2. The number of hydrogen-bond donors (Lipinski definition) is 1. The molecule has 2 nitrogen and oxygen atoms in total. The van der Waals surface area contributed by atoms with E-state index in [9.17, 15) is 0 Å². The molecule has 0 bridgehead atoms. The zero-order valence-electron chi connectivity index (χ0n) is 11.4. The van der Waals surface area contributed by atoms with Crippen molar-refractivity contribution in [1.82, 2.24) is 4.98 Å². The molecule has 0 radical (unpaired) electrons. The van der Waals surface area contributed by atoms with E-state index >= 15 is 0 Å². The van der Waals surface area contributed by atoms with Gasteiger partial charge in [-0.1, -0.05) is 32.9 Å². The summed E-state index contributed by atoms with van der Waals surface area (Å²) in [6, 6.07) is 7.93. The molecular weight excluding hydrogens is 240 g/mol. The molecule has 2 N–H and O–H groups in total. The van der Waals surface area contributed by atoms with Gasteiger partial charge >= 0.3 is 0 Å². The Kier molecular flexibility index (Phi) is 3.44. The van der Waals surface area contributed by atoms with E-state index in [4.69, 9.17) is 5.73 Å². The third kappa shape index (κ3) is 3.10. The van der Waals surface area contributed by atoms with Crippen molar-refractivity contribution in [3.8, 4) is 10.6 Å². The largest absolute Gasteiger partial charge is 0.399 e. The first kappa shape index (κ1) is 13.1. The van der Waals surface area contributed by atoms with Crippen molar-refractivity contribution >= 4 is 17.0 Å². The number of thiazole rings is 1. The Morgan fingerprint density at radius 2 is 2.00 bits per heavy atom. The summed E-state index contributed by atoms with van der Waals surface area (Å²) in [6.45, 7) is 8.86. The highest BCUT2D eigenvalue weighted by Crippen LogP contribution is 2.32. The van der Waals surface area contributed by atoms with Crippen LogP contribution in [0.3, 0.4) is 0 Å². The molecule has 2 aromatic rings. The zero-order valence-corrected chi connectivity index (χ0v) is 12.3. The SMILES string of the molecule is Cc1nc(-c2cccc(N)c2)sc1CC(C)(C)C. The van der Waals surface area contributed by atoms with Gasteiger partial charge < -0.3 is 5.73 Å². The summed E-state index contributed by atoms with van der Waals surface area (Å²) >= 11 is 1.78. The smallest absolute Gasteiger partial charge is 0.123 e. The lowest BCUT2D eigenvalue weighted by Gasteiger charge is -2.16. The van der Waals surface area contributed by atoms with E-state index in [1.807, 2.05) is 18.2 Å². The molecule has 0 atom stereocenters. The second-order valence-electron chi connectivity index (χ2n) is 5.89. The second kappa shape index (κ2) is 4.73. The molecule has 1 aromatic carbocycles. The van der Waals surface area contributed by atoms with Crippen LogP contribution in [-0.4, -0.2) is 4.98 Å². The lowest BCUT2D eigenvalue weighted by Crippen LogP contribution is -2.08. The highest BCUT2D eigenvalue weighted by molar-refractivity contribution is 7.15. The van der Waals surface area contributed by atoms with E-state index in [1.165, 1.54) is 4.88 Å². The first-order valence-electron chi connectivity index (χ1n) is 6.17. The number of nitrogen functional groups attached to an aromatic ring is 1. The van der Waals surface area contributed by atoms with Gasteiger partial charge in [0, 0.05) is 16.1 Å². The molecule has 0 amide bonds. The number of hydrogen-bond acceptors (Lipinski definition) is 3. The topological polar surface area (TPSA) is 38.9 Å². The molecule has 0 saturated heterocycles. The maximum absolute atomic E-state index is 5.82. The van der Waals surface area contributed by atoms with Crippen molar-refractivity contribution in [2.24, 2.45) is 5.41 Å². The van der Waals surface area contributed by atoms with E-state index < -0.39 is 0 Å². The minimum atomic E-state index is 0.296. The van der Waals surface area contributed by atoms with Gasteiger partial charge in [0.25, 0.3) is 0 Å². The average Bonchev–Trinajstić information content (AvgIpc) is 2.58. The number of benzene rings is 1. The van der Waals surface area contributed by atoms with Gasteiger partial charge in [-0.25, -0.2) is 4.98 Å². The first-order chi connectivity index (χ1) is 8.35. The van der Waals surface area contributed by atoms with Crippen LogP contribution in [0.1, 0.15) is 31.3 Å². The number of nitrogens with two attached hydrogens (primary N) is 1. The summed E-state index contributed by atoms with van der Waals surface area (Å²) in [4.78, 5) is 6.04. The Bertz CT molecular complexity index is 550. The Labute approximate surface area is 113 Å². The lowest BCUT2D eigenvalue weighted by atomic mass is 9.91. The predicted molar refractivity (Wildman–Crippen MR) is 79.9 cm³/mol. The number of nitrogens with zero attached hydrogens (tertiary/aromatic N) is 1. The molecule has 3 heteroatoms. The van der Waals surface area contributed by atoms with Gasteiger partial charge in [0.1, 0.15) is 5.01 Å². The average molecular weight is 260 g/mol. The van der Waals surface area contributed by atoms with Crippen LogP contribution >= 0.6 is 11.3 Å². The first-order valence-corrected chi connectivity index (χ1v) is 6.99. The second-order valence-corrected chi connectivity index (χ2v) is 6.97. The Balaban J connectivity index is 2.34. The van der Waals surface area contributed by atoms with E-state index in [1.54, 1.807) is 11.3 Å². The van der Waals surface area contributed by atoms with Gasteiger partial charge in [-0.2, -0.15) is 0 Å². The standard InChI is InChI=1S/C15H20N2S/c1-10-13(9-15(2,3)4)18-14(17-10)11-6-5-7-12(16)8-11/h5-8H,9,16H2,1-4H3. The van der Waals surface area contributed by atoms with E-state index in [2.05, 4.69) is 38.7 Å². The van der Waals surface area contributed by atoms with Crippen molar-refractivity contribution in [1.29, 1.82) is 0 Å². The summed E-state index contributed by atoms with van der Waals surface area (Å²) in [7, 11) is 0. The van der Waals surface area contributed by atoms with Crippen LogP contribution < -0.4 is 5.73 Å². The van der Waals surface area contributed by atoms with E-state index in [0.717, 1.165) is 28.4 Å². The molecular formula is C15H20N2S. The molecule has 0 saturated carbocycles. The maximum atomic E-state index is 5.82. The predicted octanol–water partition coefficient (Wildman–Crippen LogP) is 4.29. The number of aromatic nitrogens is 1.